The van der Waals surface area contributed by atoms with Gasteiger partial charge in [0.05, 0.1) is 11.6 Å². The highest BCUT2D eigenvalue weighted by molar-refractivity contribution is 8.00. The molecule has 6 heteroatoms. The Kier molecular flexibility index (Phi) is 3.49. The van der Waals surface area contributed by atoms with Crippen molar-refractivity contribution in [1.29, 1.82) is 0 Å². The first-order chi connectivity index (χ1) is 7.48. The van der Waals surface area contributed by atoms with Crippen LogP contribution in [0.4, 0.5) is 0 Å². The summed E-state index contributed by atoms with van der Waals surface area (Å²) in [5, 5.41) is 0.507. The minimum atomic E-state index is -3.14. The van der Waals surface area contributed by atoms with E-state index in [1.165, 1.54) is 10.6 Å². The van der Waals surface area contributed by atoms with Gasteiger partial charge < -0.3 is 0 Å². The monoisotopic (exact) mass is 277 g/mol. The van der Waals surface area contributed by atoms with Crippen molar-refractivity contribution in [3.05, 3.63) is 34.9 Å². The van der Waals surface area contributed by atoms with Gasteiger partial charge in [-0.05, 0) is 17.7 Å². The van der Waals surface area contributed by atoms with E-state index in [1.807, 2.05) is 18.2 Å². The number of hydrogen-bond acceptors (Lipinski definition) is 3. The van der Waals surface area contributed by atoms with Crippen LogP contribution < -0.4 is 0 Å². The zero-order chi connectivity index (χ0) is 11.8. The molecular formula is C10H12ClNO2S2. The number of rotatable bonds is 2. The second-order valence-corrected chi connectivity index (χ2v) is 7.21. The van der Waals surface area contributed by atoms with E-state index < -0.39 is 10.0 Å². The van der Waals surface area contributed by atoms with Crippen molar-refractivity contribution >= 4 is 33.4 Å². The predicted octanol–water partition coefficient (Wildman–Crippen LogP) is 2.35. The highest BCUT2D eigenvalue weighted by Gasteiger charge is 2.33. The Labute approximate surface area is 105 Å². The van der Waals surface area contributed by atoms with Crippen LogP contribution >= 0.6 is 23.4 Å². The maximum atomic E-state index is 11.6. The van der Waals surface area contributed by atoms with Gasteiger partial charge in [-0.25, -0.2) is 8.42 Å². The summed E-state index contributed by atoms with van der Waals surface area (Å²) < 4.78 is 24.7. The predicted molar refractivity (Wildman–Crippen MR) is 68.2 cm³/mol. The summed E-state index contributed by atoms with van der Waals surface area (Å²) in [7, 11) is -3.14. The van der Waals surface area contributed by atoms with E-state index in [4.69, 9.17) is 11.6 Å². The molecule has 0 saturated carbocycles. The van der Waals surface area contributed by atoms with E-state index in [1.54, 1.807) is 17.8 Å². The number of halogens is 1. The zero-order valence-corrected chi connectivity index (χ0v) is 11.1. The van der Waals surface area contributed by atoms with Crippen LogP contribution in [0, 0.1) is 0 Å². The van der Waals surface area contributed by atoms with Crippen LogP contribution in [0.1, 0.15) is 10.9 Å². The summed E-state index contributed by atoms with van der Waals surface area (Å²) in [6.45, 7) is 0.570. The molecule has 0 bridgehead atoms. The molecule has 16 heavy (non-hydrogen) atoms. The Morgan fingerprint density at radius 3 is 2.88 bits per heavy atom. The molecule has 1 aromatic rings. The molecule has 3 nitrogen and oxygen atoms in total. The largest absolute Gasteiger partial charge is 0.212 e. The molecular weight excluding hydrogens is 266 g/mol. The molecule has 0 radical (unpaired) electrons. The van der Waals surface area contributed by atoms with Crippen molar-refractivity contribution in [2.75, 3.05) is 18.6 Å². The van der Waals surface area contributed by atoms with E-state index in [-0.39, 0.29) is 5.37 Å². The Hall–Kier alpha value is -0.230. The first-order valence-corrected chi connectivity index (χ1v) is 8.10. The number of nitrogens with zero attached hydrogens (tertiary/aromatic N) is 1. The third-order valence-electron chi connectivity index (χ3n) is 2.41. The molecule has 0 spiro atoms. The Balaban J connectivity index is 2.34. The highest BCUT2D eigenvalue weighted by atomic mass is 35.5. The molecule has 88 valence electrons. The fraction of sp³-hybridized carbons (Fsp3) is 0.400. The quantitative estimate of drug-likeness (QED) is 0.833. The van der Waals surface area contributed by atoms with Gasteiger partial charge in [-0.2, -0.15) is 4.31 Å². The lowest BCUT2D eigenvalue weighted by molar-refractivity contribution is 0.439. The summed E-state index contributed by atoms with van der Waals surface area (Å²) in [5.74, 6) is 0.824. The number of hydrogen-bond donors (Lipinski definition) is 0. The maximum absolute atomic E-state index is 11.6. The lowest BCUT2D eigenvalue weighted by Crippen LogP contribution is -2.29. The lowest BCUT2D eigenvalue weighted by Gasteiger charge is -2.21. The second-order valence-electron chi connectivity index (χ2n) is 3.65. The fourth-order valence-corrected chi connectivity index (χ4v) is 4.71. The standard InChI is InChI=1S/C10H12ClNO2S2/c1-16(13,14)12-5-6-15-10(12)8-3-2-4-9(11)7-8/h2-4,7,10H,5-6H2,1H3/t10-/m0/s1. The van der Waals surface area contributed by atoms with Gasteiger partial charge in [-0.3, -0.25) is 0 Å². The Morgan fingerprint density at radius 1 is 1.50 bits per heavy atom. The molecule has 0 N–H and O–H groups in total. The van der Waals surface area contributed by atoms with E-state index >= 15 is 0 Å². The van der Waals surface area contributed by atoms with Gasteiger partial charge >= 0.3 is 0 Å². The molecule has 1 atom stereocenters. The molecule has 2 rings (SSSR count). The molecule has 1 aliphatic heterocycles. The average Bonchev–Trinajstić information content (AvgIpc) is 2.65. The van der Waals surface area contributed by atoms with Crippen molar-refractivity contribution in [3.63, 3.8) is 0 Å². The third kappa shape index (κ3) is 2.53. The minimum Gasteiger partial charge on any atom is -0.212 e. The topological polar surface area (TPSA) is 37.4 Å². The summed E-state index contributed by atoms with van der Waals surface area (Å²) in [5.41, 5.74) is 0.945. The maximum Gasteiger partial charge on any atom is 0.212 e. The minimum absolute atomic E-state index is 0.131. The van der Waals surface area contributed by atoms with Gasteiger partial charge in [-0.1, -0.05) is 23.7 Å². The average molecular weight is 278 g/mol. The first-order valence-electron chi connectivity index (χ1n) is 4.82. The van der Waals surface area contributed by atoms with E-state index in [0.29, 0.717) is 11.6 Å². The van der Waals surface area contributed by atoms with E-state index in [2.05, 4.69) is 0 Å². The molecule has 0 amide bonds. The van der Waals surface area contributed by atoms with Gasteiger partial charge in [0, 0.05) is 17.3 Å². The molecule has 1 heterocycles. The van der Waals surface area contributed by atoms with Crippen LogP contribution in [0.15, 0.2) is 24.3 Å². The zero-order valence-electron chi connectivity index (χ0n) is 8.76. The van der Waals surface area contributed by atoms with Gasteiger partial charge in [-0.15, -0.1) is 11.8 Å². The van der Waals surface area contributed by atoms with E-state index in [9.17, 15) is 8.42 Å². The lowest BCUT2D eigenvalue weighted by atomic mass is 10.2. The molecule has 0 aliphatic carbocycles. The second kappa shape index (κ2) is 4.56. The summed E-state index contributed by atoms with van der Waals surface area (Å²) in [6, 6.07) is 7.36. The van der Waals surface area contributed by atoms with Crippen molar-refractivity contribution < 1.29 is 8.42 Å². The Morgan fingerprint density at radius 2 is 2.25 bits per heavy atom. The Bertz CT molecular complexity index is 489. The van der Waals surface area contributed by atoms with Gasteiger partial charge in [0.2, 0.25) is 10.0 Å². The molecule has 0 aromatic heterocycles. The smallest absolute Gasteiger partial charge is 0.212 e. The molecule has 1 aliphatic rings. The number of benzene rings is 1. The van der Waals surface area contributed by atoms with Crippen LogP contribution in [0.3, 0.4) is 0 Å². The van der Waals surface area contributed by atoms with Gasteiger partial charge in [0.25, 0.3) is 0 Å². The van der Waals surface area contributed by atoms with Gasteiger partial charge in [0.1, 0.15) is 0 Å². The highest BCUT2D eigenvalue weighted by Crippen LogP contribution is 2.39. The number of sulfonamides is 1. The molecule has 1 aromatic carbocycles. The van der Waals surface area contributed by atoms with Crippen LogP contribution in [0.5, 0.6) is 0 Å². The van der Waals surface area contributed by atoms with Gasteiger partial charge in [0.15, 0.2) is 0 Å². The summed E-state index contributed by atoms with van der Waals surface area (Å²) in [4.78, 5) is 0. The van der Waals surface area contributed by atoms with Crippen LogP contribution in [-0.4, -0.2) is 31.3 Å². The van der Waals surface area contributed by atoms with Crippen molar-refractivity contribution in [2.45, 2.75) is 5.37 Å². The molecule has 0 unspecified atom stereocenters. The van der Waals surface area contributed by atoms with Crippen molar-refractivity contribution in [3.8, 4) is 0 Å². The number of thioether (sulfide) groups is 1. The molecule has 1 saturated heterocycles. The summed E-state index contributed by atoms with van der Waals surface area (Å²) >= 11 is 7.54. The van der Waals surface area contributed by atoms with Crippen molar-refractivity contribution in [1.82, 2.24) is 4.31 Å². The normalized spacial score (nSPS) is 22.5. The van der Waals surface area contributed by atoms with Crippen LogP contribution in [-0.2, 0) is 10.0 Å². The van der Waals surface area contributed by atoms with Crippen LogP contribution in [0.2, 0.25) is 5.02 Å². The van der Waals surface area contributed by atoms with E-state index in [0.717, 1.165) is 11.3 Å². The SMILES string of the molecule is CS(=O)(=O)N1CCS[C@H]1c1cccc(Cl)c1. The van der Waals surface area contributed by atoms with Crippen molar-refractivity contribution in [2.24, 2.45) is 0 Å². The fourth-order valence-electron chi connectivity index (χ4n) is 1.72. The summed E-state index contributed by atoms with van der Waals surface area (Å²) in [6.07, 6.45) is 1.25. The van der Waals surface area contributed by atoms with Crippen LogP contribution in [0.25, 0.3) is 0 Å². The molecule has 1 fully saturated rings. The third-order valence-corrected chi connectivity index (χ3v) is 5.28. The first kappa shape index (κ1) is 12.2.